The summed E-state index contributed by atoms with van der Waals surface area (Å²) in [4.78, 5) is 14.9. The topological polar surface area (TPSA) is 54.5 Å². The third kappa shape index (κ3) is 3.88. The summed E-state index contributed by atoms with van der Waals surface area (Å²) in [5.74, 6) is -0.0837. The zero-order valence-electron chi connectivity index (χ0n) is 14.2. The Kier molecular flexibility index (Phi) is 4.89. The number of nitrogens with zero attached hydrogens (tertiary/aromatic N) is 1. The molecule has 2 aromatic rings. The van der Waals surface area contributed by atoms with Gasteiger partial charge in [0.15, 0.2) is 9.84 Å². The van der Waals surface area contributed by atoms with Crippen LogP contribution in [0.2, 0.25) is 5.02 Å². The molecule has 0 spiro atoms. The van der Waals surface area contributed by atoms with Crippen LogP contribution < -0.4 is 4.90 Å². The maximum Gasteiger partial charge on any atom is 0.258 e. The Morgan fingerprint density at radius 2 is 1.80 bits per heavy atom. The molecule has 25 heavy (non-hydrogen) atoms. The molecular weight excluding hydrogens is 358 g/mol. The molecule has 1 unspecified atom stereocenters. The van der Waals surface area contributed by atoms with Gasteiger partial charge in [-0.3, -0.25) is 4.79 Å². The average Bonchev–Trinajstić information content (AvgIpc) is 2.91. The Balaban J connectivity index is 2.07. The molecule has 2 aromatic carbocycles. The molecule has 1 saturated heterocycles. The molecule has 1 amide bonds. The molecular formula is C19H20ClNO3S. The van der Waals surface area contributed by atoms with Gasteiger partial charge in [0.25, 0.3) is 5.91 Å². The van der Waals surface area contributed by atoms with E-state index in [-0.39, 0.29) is 23.5 Å². The van der Waals surface area contributed by atoms with Crippen LogP contribution in [0.1, 0.15) is 27.9 Å². The summed E-state index contributed by atoms with van der Waals surface area (Å²) in [5.41, 5.74) is 3.23. The minimum absolute atomic E-state index is 0.000286. The van der Waals surface area contributed by atoms with Crippen LogP contribution in [0.15, 0.2) is 42.5 Å². The zero-order valence-corrected chi connectivity index (χ0v) is 15.8. The van der Waals surface area contributed by atoms with Crippen LogP contribution in [0.5, 0.6) is 0 Å². The smallest absolute Gasteiger partial charge is 0.258 e. The highest BCUT2D eigenvalue weighted by atomic mass is 35.5. The van der Waals surface area contributed by atoms with Gasteiger partial charge in [-0.25, -0.2) is 8.42 Å². The van der Waals surface area contributed by atoms with Crippen molar-refractivity contribution >= 4 is 33.0 Å². The number of anilines is 1. The lowest BCUT2D eigenvalue weighted by Gasteiger charge is -2.30. The van der Waals surface area contributed by atoms with Crippen LogP contribution in [0, 0.1) is 13.8 Å². The van der Waals surface area contributed by atoms with Gasteiger partial charge in [-0.15, -0.1) is 0 Å². The van der Waals surface area contributed by atoms with Crippen molar-refractivity contribution in [3.05, 3.63) is 64.2 Å². The number of benzene rings is 2. The van der Waals surface area contributed by atoms with Gasteiger partial charge in [0.1, 0.15) is 0 Å². The highest BCUT2D eigenvalue weighted by Gasteiger charge is 2.36. The minimum Gasteiger partial charge on any atom is -0.304 e. The highest BCUT2D eigenvalue weighted by molar-refractivity contribution is 7.91. The first-order chi connectivity index (χ1) is 11.8. The maximum absolute atomic E-state index is 13.2. The number of aryl methyl sites for hydroxylation is 2. The van der Waals surface area contributed by atoms with Crippen molar-refractivity contribution in [2.24, 2.45) is 0 Å². The normalized spacial score (nSPS) is 18.9. The third-order valence-corrected chi connectivity index (χ3v) is 6.51. The van der Waals surface area contributed by atoms with Crippen molar-refractivity contribution in [1.29, 1.82) is 0 Å². The molecule has 0 radical (unpaired) electrons. The molecule has 6 heteroatoms. The Labute approximate surface area is 153 Å². The summed E-state index contributed by atoms with van der Waals surface area (Å²) < 4.78 is 24.0. The van der Waals surface area contributed by atoms with E-state index in [1.165, 1.54) is 0 Å². The molecule has 1 fully saturated rings. The Morgan fingerprint density at radius 1 is 1.12 bits per heavy atom. The van der Waals surface area contributed by atoms with E-state index in [0.29, 0.717) is 17.0 Å². The molecule has 0 aromatic heterocycles. The second-order valence-electron chi connectivity index (χ2n) is 6.53. The fourth-order valence-corrected chi connectivity index (χ4v) is 4.99. The summed E-state index contributed by atoms with van der Waals surface area (Å²) in [7, 11) is -3.11. The molecule has 1 aliphatic heterocycles. The second-order valence-corrected chi connectivity index (χ2v) is 9.19. The Bertz CT molecular complexity index is 907. The first-order valence-electron chi connectivity index (χ1n) is 8.14. The molecule has 0 saturated carbocycles. The van der Waals surface area contributed by atoms with Crippen LogP contribution in [0.3, 0.4) is 0 Å². The van der Waals surface area contributed by atoms with Gasteiger partial charge in [0.2, 0.25) is 0 Å². The minimum atomic E-state index is -3.11. The number of rotatable bonds is 3. The fourth-order valence-electron chi connectivity index (χ4n) is 3.16. The number of hydrogen-bond acceptors (Lipinski definition) is 3. The molecule has 1 heterocycles. The summed E-state index contributed by atoms with van der Waals surface area (Å²) in [6, 6.07) is 12.2. The SMILES string of the molecule is Cc1ccc(C)c(N(C(=O)c2ccc(Cl)cc2)C2CCS(=O)(=O)C2)c1. The Morgan fingerprint density at radius 3 is 2.40 bits per heavy atom. The molecule has 1 aliphatic rings. The van der Waals surface area contributed by atoms with E-state index in [0.717, 1.165) is 16.8 Å². The fraction of sp³-hybridized carbons (Fsp3) is 0.316. The van der Waals surface area contributed by atoms with Crippen molar-refractivity contribution in [3.8, 4) is 0 Å². The van der Waals surface area contributed by atoms with Crippen LogP contribution >= 0.6 is 11.6 Å². The molecule has 0 bridgehead atoms. The van der Waals surface area contributed by atoms with Crippen molar-refractivity contribution in [3.63, 3.8) is 0 Å². The molecule has 3 rings (SSSR count). The molecule has 132 valence electrons. The van der Waals surface area contributed by atoms with E-state index in [1.807, 2.05) is 32.0 Å². The van der Waals surface area contributed by atoms with E-state index in [1.54, 1.807) is 29.2 Å². The van der Waals surface area contributed by atoms with Gasteiger partial charge in [-0.2, -0.15) is 0 Å². The van der Waals surface area contributed by atoms with Gasteiger partial charge in [0, 0.05) is 16.3 Å². The van der Waals surface area contributed by atoms with E-state index >= 15 is 0 Å². The largest absolute Gasteiger partial charge is 0.304 e. The van der Waals surface area contributed by atoms with E-state index in [9.17, 15) is 13.2 Å². The zero-order chi connectivity index (χ0) is 18.2. The number of hydrogen-bond donors (Lipinski definition) is 0. The number of halogens is 1. The van der Waals surface area contributed by atoms with Crippen molar-refractivity contribution in [2.75, 3.05) is 16.4 Å². The average molecular weight is 378 g/mol. The predicted octanol–water partition coefficient (Wildman–Crippen LogP) is 3.79. The van der Waals surface area contributed by atoms with Crippen LogP contribution in [0.4, 0.5) is 5.69 Å². The number of carbonyl (C=O) groups is 1. The van der Waals surface area contributed by atoms with Gasteiger partial charge < -0.3 is 4.90 Å². The van der Waals surface area contributed by atoms with Crippen molar-refractivity contribution in [1.82, 2.24) is 0 Å². The van der Waals surface area contributed by atoms with Crippen molar-refractivity contribution < 1.29 is 13.2 Å². The monoisotopic (exact) mass is 377 g/mol. The summed E-state index contributed by atoms with van der Waals surface area (Å²) in [6.45, 7) is 3.89. The third-order valence-electron chi connectivity index (χ3n) is 4.51. The summed E-state index contributed by atoms with van der Waals surface area (Å²) in [5, 5.41) is 0.554. The standard InChI is InChI=1S/C19H20ClNO3S/c1-13-3-4-14(2)18(11-13)21(17-9-10-25(23,24)12-17)19(22)15-5-7-16(20)8-6-15/h3-8,11,17H,9-10,12H2,1-2H3. The van der Waals surface area contributed by atoms with Crippen molar-refractivity contribution in [2.45, 2.75) is 26.3 Å². The van der Waals surface area contributed by atoms with Gasteiger partial charge >= 0.3 is 0 Å². The quantitative estimate of drug-likeness (QED) is 0.817. The lowest BCUT2D eigenvalue weighted by molar-refractivity contribution is 0.0979. The van der Waals surface area contributed by atoms with Gasteiger partial charge in [-0.05, 0) is 61.7 Å². The summed E-state index contributed by atoms with van der Waals surface area (Å²) in [6.07, 6.45) is 0.453. The van der Waals surface area contributed by atoms with Gasteiger partial charge in [-0.1, -0.05) is 23.7 Å². The first-order valence-corrected chi connectivity index (χ1v) is 10.3. The predicted molar refractivity (Wildman–Crippen MR) is 101 cm³/mol. The molecule has 1 atom stereocenters. The molecule has 0 aliphatic carbocycles. The van der Waals surface area contributed by atoms with Crippen LogP contribution in [-0.4, -0.2) is 31.9 Å². The lowest BCUT2D eigenvalue weighted by Crippen LogP contribution is -2.41. The van der Waals surface area contributed by atoms with Crippen LogP contribution in [-0.2, 0) is 9.84 Å². The Hall–Kier alpha value is -1.85. The number of carbonyl (C=O) groups excluding carboxylic acids is 1. The summed E-state index contributed by atoms with van der Waals surface area (Å²) >= 11 is 5.92. The van der Waals surface area contributed by atoms with Gasteiger partial charge in [0.05, 0.1) is 17.5 Å². The van der Waals surface area contributed by atoms with E-state index in [2.05, 4.69) is 0 Å². The first kappa shape index (κ1) is 18.0. The lowest BCUT2D eigenvalue weighted by atomic mass is 10.1. The molecule has 4 nitrogen and oxygen atoms in total. The van der Waals surface area contributed by atoms with E-state index in [4.69, 9.17) is 11.6 Å². The van der Waals surface area contributed by atoms with E-state index < -0.39 is 9.84 Å². The highest BCUT2D eigenvalue weighted by Crippen LogP contribution is 2.30. The maximum atomic E-state index is 13.2. The number of amides is 1. The van der Waals surface area contributed by atoms with Crippen LogP contribution in [0.25, 0.3) is 0 Å². The molecule has 0 N–H and O–H groups in total. The number of sulfone groups is 1. The second kappa shape index (κ2) is 6.81.